The van der Waals surface area contributed by atoms with Gasteiger partial charge in [0.05, 0.1) is 25.2 Å². The zero-order valence-corrected chi connectivity index (χ0v) is 11.7. The molecule has 0 saturated heterocycles. The Kier molecular flexibility index (Phi) is 6.06. The van der Waals surface area contributed by atoms with Gasteiger partial charge in [0.2, 0.25) is 0 Å². The molecule has 1 rings (SSSR count). The van der Waals surface area contributed by atoms with E-state index in [0.717, 1.165) is 12.0 Å². The van der Waals surface area contributed by atoms with E-state index in [0.29, 0.717) is 24.3 Å². The van der Waals surface area contributed by atoms with Crippen LogP contribution in [0.1, 0.15) is 42.3 Å². The first-order valence-electron chi connectivity index (χ1n) is 6.56. The second-order valence-corrected chi connectivity index (χ2v) is 4.05. The van der Waals surface area contributed by atoms with Crippen molar-refractivity contribution in [1.29, 1.82) is 0 Å². The molecule has 4 nitrogen and oxygen atoms in total. The highest BCUT2D eigenvalue weighted by Crippen LogP contribution is 2.15. The summed E-state index contributed by atoms with van der Waals surface area (Å²) in [4.78, 5) is 23.4. The van der Waals surface area contributed by atoms with E-state index in [9.17, 15) is 9.59 Å². The molecule has 0 atom stereocenters. The van der Waals surface area contributed by atoms with Crippen molar-refractivity contribution in [1.82, 2.24) is 0 Å². The number of carbonyl (C=O) groups excluding carboxylic acids is 2. The largest absolute Gasteiger partial charge is 0.466 e. The van der Waals surface area contributed by atoms with Crippen molar-refractivity contribution in [2.75, 3.05) is 13.2 Å². The van der Waals surface area contributed by atoms with Crippen LogP contribution < -0.4 is 0 Å². The number of benzene rings is 1. The van der Waals surface area contributed by atoms with Crippen LogP contribution in [0.25, 0.3) is 0 Å². The Hall–Kier alpha value is -1.84. The highest BCUT2D eigenvalue weighted by atomic mass is 16.5. The van der Waals surface area contributed by atoms with E-state index < -0.39 is 5.97 Å². The van der Waals surface area contributed by atoms with E-state index in [1.54, 1.807) is 26.0 Å². The Morgan fingerprint density at radius 2 is 1.74 bits per heavy atom. The average Bonchev–Trinajstić information content (AvgIpc) is 2.39. The number of ether oxygens (including phenoxy) is 2. The summed E-state index contributed by atoms with van der Waals surface area (Å²) >= 11 is 0. The van der Waals surface area contributed by atoms with E-state index in [-0.39, 0.29) is 12.4 Å². The minimum absolute atomic E-state index is 0.0893. The fourth-order valence-electron chi connectivity index (χ4n) is 1.76. The third kappa shape index (κ3) is 4.39. The molecule has 0 N–H and O–H groups in total. The van der Waals surface area contributed by atoms with Gasteiger partial charge in [0, 0.05) is 0 Å². The van der Waals surface area contributed by atoms with Crippen LogP contribution in [0.2, 0.25) is 0 Å². The van der Waals surface area contributed by atoms with Gasteiger partial charge < -0.3 is 9.47 Å². The first kappa shape index (κ1) is 15.2. The van der Waals surface area contributed by atoms with E-state index in [4.69, 9.17) is 9.47 Å². The molecule has 0 aliphatic heterocycles. The van der Waals surface area contributed by atoms with Crippen molar-refractivity contribution in [2.24, 2.45) is 0 Å². The summed E-state index contributed by atoms with van der Waals surface area (Å²) in [5.74, 6) is -0.727. The quantitative estimate of drug-likeness (QED) is 0.741. The van der Waals surface area contributed by atoms with Gasteiger partial charge >= 0.3 is 11.9 Å². The Labute approximate surface area is 113 Å². The van der Waals surface area contributed by atoms with E-state index in [1.165, 1.54) is 0 Å². The highest BCUT2D eigenvalue weighted by molar-refractivity contribution is 5.92. The molecule has 0 fully saturated rings. The molecule has 0 spiro atoms. The van der Waals surface area contributed by atoms with Gasteiger partial charge in [0.1, 0.15) is 0 Å². The molecule has 0 saturated carbocycles. The lowest BCUT2D eigenvalue weighted by Crippen LogP contribution is -2.13. The summed E-state index contributed by atoms with van der Waals surface area (Å²) < 4.78 is 9.92. The summed E-state index contributed by atoms with van der Waals surface area (Å²) in [6.07, 6.45) is 0.915. The fraction of sp³-hybridized carbons (Fsp3) is 0.467. The van der Waals surface area contributed by atoms with Crippen LogP contribution in [-0.2, 0) is 27.1 Å². The third-order valence-electron chi connectivity index (χ3n) is 2.72. The molecule has 4 heteroatoms. The Morgan fingerprint density at radius 3 is 2.32 bits per heavy atom. The van der Waals surface area contributed by atoms with Crippen LogP contribution in [-0.4, -0.2) is 25.2 Å². The fourth-order valence-corrected chi connectivity index (χ4v) is 1.76. The maximum absolute atomic E-state index is 11.9. The van der Waals surface area contributed by atoms with Crippen molar-refractivity contribution in [2.45, 2.75) is 33.6 Å². The van der Waals surface area contributed by atoms with Crippen LogP contribution in [0, 0.1) is 0 Å². The third-order valence-corrected chi connectivity index (χ3v) is 2.72. The number of aryl methyl sites for hydroxylation is 1. The zero-order chi connectivity index (χ0) is 14.3. The monoisotopic (exact) mass is 264 g/mol. The predicted octanol–water partition coefficient (Wildman–Crippen LogP) is 2.53. The molecule has 19 heavy (non-hydrogen) atoms. The van der Waals surface area contributed by atoms with E-state index in [1.807, 2.05) is 13.0 Å². The molecular weight excluding hydrogens is 244 g/mol. The molecule has 0 radical (unpaired) electrons. The second kappa shape index (κ2) is 7.56. The topological polar surface area (TPSA) is 52.6 Å². The first-order chi connectivity index (χ1) is 9.12. The van der Waals surface area contributed by atoms with Gasteiger partial charge in [0.25, 0.3) is 0 Å². The Bertz CT molecular complexity index is 451. The van der Waals surface area contributed by atoms with Gasteiger partial charge in [-0.3, -0.25) is 4.79 Å². The highest BCUT2D eigenvalue weighted by Gasteiger charge is 2.16. The number of hydrogen-bond acceptors (Lipinski definition) is 4. The summed E-state index contributed by atoms with van der Waals surface area (Å²) in [5, 5.41) is 0. The molecule has 1 aromatic carbocycles. The van der Waals surface area contributed by atoms with Gasteiger partial charge in [-0.1, -0.05) is 19.1 Å². The average molecular weight is 264 g/mol. The minimum atomic E-state index is -0.392. The van der Waals surface area contributed by atoms with Gasteiger partial charge in [0.15, 0.2) is 0 Å². The number of rotatable bonds is 6. The van der Waals surface area contributed by atoms with Gasteiger partial charge in [-0.25, -0.2) is 4.79 Å². The van der Waals surface area contributed by atoms with Gasteiger partial charge in [-0.15, -0.1) is 0 Å². The molecule has 104 valence electrons. The number of esters is 2. The Balaban J connectivity index is 3.01. The van der Waals surface area contributed by atoms with Crippen LogP contribution in [0.5, 0.6) is 0 Å². The molecule has 0 aromatic heterocycles. The molecule has 0 amide bonds. The first-order valence-corrected chi connectivity index (χ1v) is 6.56. The standard InChI is InChI=1S/C15H20O4/c1-4-11-7-8-12(10-14(16)18-5-2)13(9-11)15(17)19-6-3/h7-9H,4-6,10H2,1-3H3. The van der Waals surface area contributed by atoms with Crippen molar-refractivity contribution in [3.05, 3.63) is 34.9 Å². The normalized spacial score (nSPS) is 10.1. The zero-order valence-electron chi connectivity index (χ0n) is 11.7. The van der Waals surface area contributed by atoms with Gasteiger partial charge in [-0.2, -0.15) is 0 Å². The van der Waals surface area contributed by atoms with E-state index in [2.05, 4.69) is 0 Å². The minimum Gasteiger partial charge on any atom is -0.466 e. The molecule has 0 aliphatic rings. The van der Waals surface area contributed by atoms with Crippen LogP contribution in [0.3, 0.4) is 0 Å². The second-order valence-electron chi connectivity index (χ2n) is 4.05. The molecule has 0 unspecified atom stereocenters. The lowest BCUT2D eigenvalue weighted by atomic mass is 10.0. The summed E-state index contributed by atoms with van der Waals surface area (Å²) in [6, 6.07) is 5.49. The lowest BCUT2D eigenvalue weighted by molar-refractivity contribution is -0.142. The van der Waals surface area contributed by atoms with Crippen LogP contribution in [0.4, 0.5) is 0 Å². The van der Waals surface area contributed by atoms with Crippen molar-refractivity contribution < 1.29 is 19.1 Å². The molecule has 0 bridgehead atoms. The molecular formula is C15H20O4. The number of hydrogen-bond donors (Lipinski definition) is 0. The Morgan fingerprint density at radius 1 is 1.05 bits per heavy atom. The van der Waals surface area contributed by atoms with Crippen molar-refractivity contribution in [3.8, 4) is 0 Å². The molecule has 0 heterocycles. The van der Waals surface area contributed by atoms with Crippen LogP contribution >= 0.6 is 0 Å². The molecule has 1 aromatic rings. The summed E-state index contributed by atoms with van der Waals surface area (Å²) in [7, 11) is 0. The van der Waals surface area contributed by atoms with Crippen LogP contribution in [0.15, 0.2) is 18.2 Å². The van der Waals surface area contributed by atoms with Gasteiger partial charge in [-0.05, 0) is 37.5 Å². The number of carbonyl (C=O) groups is 2. The lowest BCUT2D eigenvalue weighted by Gasteiger charge is -2.10. The smallest absolute Gasteiger partial charge is 0.338 e. The maximum atomic E-state index is 11.9. The summed E-state index contributed by atoms with van der Waals surface area (Å²) in [5.41, 5.74) is 2.14. The van der Waals surface area contributed by atoms with Crippen molar-refractivity contribution >= 4 is 11.9 Å². The maximum Gasteiger partial charge on any atom is 0.338 e. The van der Waals surface area contributed by atoms with E-state index >= 15 is 0 Å². The summed E-state index contributed by atoms with van der Waals surface area (Å²) in [6.45, 7) is 6.17. The SMILES string of the molecule is CCOC(=O)Cc1ccc(CC)cc1C(=O)OCC. The predicted molar refractivity (Wildman–Crippen MR) is 72.1 cm³/mol. The molecule has 0 aliphatic carbocycles. The van der Waals surface area contributed by atoms with Crippen molar-refractivity contribution in [3.63, 3.8) is 0 Å².